The minimum atomic E-state index is 0. The standard InChI is InChI=1S/C18H28N2O3.ClH/c1-4-23-16-8-7-15(11-17(16)22-3)20-18(21)10-13(2)14-6-5-9-19-12-14;/h7-8,11,13-14,19H,4-6,9-10,12H2,1-3H3,(H,20,21);1H. The summed E-state index contributed by atoms with van der Waals surface area (Å²) < 4.78 is 10.8. The van der Waals surface area contributed by atoms with Crippen molar-refractivity contribution in [1.29, 1.82) is 0 Å². The van der Waals surface area contributed by atoms with Crippen molar-refractivity contribution in [3.05, 3.63) is 18.2 Å². The molecule has 0 spiro atoms. The molecule has 5 nitrogen and oxygen atoms in total. The van der Waals surface area contributed by atoms with Crippen molar-refractivity contribution in [2.24, 2.45) is 11.8 Å². The maximum absolute atomic E-state index is 12.3. The number of halogens is 1. The second-order valence-electron chi connectivity index (χ2n) is 6.13. The Balaban J connectivity index is 0.00000288. The van der Waals surface area contributed by atoms with Crippen molar-refractivity contribution in [1.82, 2.24) is 5.32 Å². The molecule has 0 aliphatic carbocycles. The molecule has 1 saturated heterocycles. The van der Waals surface area contributed by atoms with E-state index in [1.807, 2.05) is 19.1 Å². The molecule has 2 N–H and O–H groups in total. The lowest BCUT2D eigenvalue weighted by Gasteiger charge is -2.28. The molecular formula is C18H29ClN2O3. The van der Waals surface area contributed by atoms with Crippen LogP contribution in [0.15, 0.2) is 18.2 Å². The first-order valence-corrected chi connectivity index (χ1v) is 8.45. The summed E-state index contributed by atoms with van der Waals surface area (Å²) in [7, 11) is 1.60. The van der Waals surface area contributed by atoms with E-state index in [-0.39, 0.29) is 18.3 Å². The van der Waals surface area contributed by atoms with E-state index in [9.17, 15) is 4.79 Å². The first-order valence-electron chi connectivity index (χ1n) is 8.45. The smallest absolute Gasteiger partial charge is 0.224 e. The molecule has 0 saturated carbocycles. The maximum atomic E-state index is 12.3. The van der Waals surface area contributed by atoms with Crippen LogP contribution < -0.4 is 20.1 Å². The molecule has 1 aliphatic heterocycles. The van der Waals surface area contributed by atoms with Crippen LogP contribution >= 0.6 is 12.4 Å². The van der Waals surface area contributed by atoms with Crippen LogP contribution in [0.25, 0.3) is 0 Å². The van der Waals surface area contributed by atoms with Gasteiger partial charge in [-0.3, -0.25) is 4.79 Å². The van der Waals surface area contributed by atoms with Gasteiger partial charge in [-0.05, 0) is 56.8 Å². The second kappa shape index (κ2) is 10.4. The lowest BCUT2D eigenvalue weighted by molar-refractivity contribution is -0.117. The molecule has 2 atom stereocenters. The Kier molecular flexibility index (Phi) is 8.93. The molecule has 0 aromatic heterocycles. The number of benzene rings is 1. The molecule has 1 heterocycles. The SMILES string of the molecule is CCOc1ccc(NC(=O)CC(C)C2CCCNC2)cc1OC.Cl. The summed E-state index contributed by atoms with van der Waals surface area (Å²) in [5.41, 5.74) is 0.740. The zero-order chi connectivity index (χ0) is 16.7. The molecule has 1 amide bonds. The number of nitrogens with one attached hydrogen (secondary N) is 2. The first kappa shape index (κ1) is 20.6. The van der Waals surface area contributed by atoms with Gasteiger partial charge in [-0.1, -0.05) is 6.92 Å². The van der Waals surface area contributed by atoms with Gasteiger partial charge in [0.2, 0.25) is 5.91 Å². The summed E-state index contributed by atoms with van der Waals surface area (Å²) in [4.78, 5) is 12.3. The van der Waals surface area contributed by atoms with Crippen molar-refractivity contribution in [3.8, 4) is 11.5 Å². The first-order chi connectivity index (χ1) is 11.1. The topological polar surface area (TPSA) is 59.6 Å². The Morgan fingerprint density at radius 1 is 1.42 bits per heavy atom. The van der Waals surface area contributed by atoms with Gasteiger partial charge in [0.05, 0.1) is 13.7 Å². The average molecular weight is 357 g/mol. The number of ether oxygens (including phenoxy) is 2. The van der Waals surface area contributed by atoms with Crippen LogP contribution in [-0.4, -0.2) is 32.7 Å². The van der Waals surface area contributed by atoms with Crippen LogP contribution in [-0.2, 0) is 4.79 Å². The number of hydrogen-bond acceptors (Lipinski definition) is 4. The van der Waals surface area contributed by atoms with Crippen molar-refractivity contribution in [2.45, 2.75) is 33.1 Å². The largest absolute Gasteiger partial charge is 0.493 e. The number of carbonyl (C=O) groups excluding carboxylic acids is 1. The van der Waals surface area contributed by atoms with Crippen LogP contribution in [0, 0.1) is 11.8 Å². The van der Waals surface area contributed by atoms with E-state index in [2.05, 4.69) is 17.6 Å². The highest BCUT2D eigenvalue weighted by Gasteiger charge is 2.22. The molecule has 6 heteroatoms. The summed E-state index contributed by atoms with van der Waals surface area (Å²) in [6.45, 7) is 6.79. The van der Waals surface area contributed by atoms with Crippen molar-refractivity contribution < 1.29 is 14.3 Å². The molecule has 1 aromatic carbocycles. The molecule has 1 fully saturated rings. The van der Waals surface area contributed by atoms with Gasteiger partial charge in [0.25, 0.3) is 0 Å². The fraction of sp³-hybridized carbons (Fsp3) is 0.611. The van der Waals surface area contributed by atoms with E-state index in [0.717, 1.165) is 18.8 Å². The highest BCUT2D eigenvalue weighted by atomic mass is 35.5. The number of amides is 1. The number of anilines is 1. The molecule has 2 rings (SSSR count). The number of hydrogen-bond donors (Lipinski definition) is 2. The van der Waals surface area contributed by atoms with Gasteiger partial charge in [0.1, 0.15) is 0 Å². The molecule has 1 aliphatic rings. The highest BCUT2D eigenvalue weighted by Crippen LogP contribution is 2.30. The zero-order valence-corrected chi connectivity index (χ0v) is 15.6. The lowest BCUT2D eigenvalue weighted by Crippen LogP contribution is -2.34. The van der Waals surface area contributed by atoms with Crippen LogP contribution in [0.3, 0.4) is 0 Å². The van der Waals surface area contributed by atoms with E-state index in [1.54, 1.807) is 13.2 Å². The van der Waals surface area contributed by atoms with E-state index < -0.39 is 0 Å². The Bertz CT molecular complexity index is 519. The van der Waals surface area contributed by atoms with Gasteiger partial charge in [0.15, 0.2) is 11.5 Å². The fourth-order valence-electron chi connectivity index (χ4n) is 3.06. The van der Waals surface area contributed by atoms with E-state index in [4.69, 9.17) is 9.47 Å². The van der Waals surface area contributed by atoms with Crippen molar-refractivity contribution in [2.75, 3.05) is 32.1 Å². The van der Waals surface area contributed by atoms with E-state index >= 15 is 0 Å². The molecule has 0 bridgehead atoms. The van der Waals surface area contributed by atoms with Gasteiger partial charge in [-0.15, -0.1) is 12.4 Å². The summed E-state index contributed by atoms with van der Waals surface area (Å²) in [5.74, 6) is 2.34. The Hall–Kier alpha value is -1.46. The summed E-state index contributed by atoms with van der Waals surface area (Å²) in [5, 5.41) is 6.37. The van der Waals surface area contributed by atoms with E-state index in [1.165, 1.54) is 12.8 Å². The van der Waals surface area contributed by atoms with Gasteiger partial charge in [0, 0.05) is 18.2 Å². The van der Waals surface area contributed by atoms with Crippen molar-refractivity contribution >= 4 is 24.0 Å². The number of piperidine rings is 1. The monoisotopic (exact) mass is 356 g/mol. The average Bonchev–Trinajstić information content (AvgIpc) is 2.57. The Morgan fingerprint density at radius 2 is 2.21 bits per heavy atom. The molecule has 136 valence electrons. The van der Waals surface area contributed by atoms with Crippen molar-refractivity contribution in [3.63, 3.8) is 0 Å². The lowest BCUT2D eigenvalue weighted by atomic mass is 9.85. The Morgan fingerprint density at radius 3 is 2.83 bits per heavy atom. The minimum Gasteiger partial charge on any atom is -0.493 e. The molecule has 2 unspecified atom stereocenters. The highest BCUT2D eigenvalue weighted by molar-refractivity contribution is 5.91. The van der Waals surface area contributed by atoms with E-state index in [0.29, 0.717) is 36.4 Å². The van der Waals surface area contributed by atoms with Gasteiger partial charge >= 0.3 is 0 Å². The Labute approximate surface area is 150 Å². The third-order valence-electron chi connectivity index (χ3n) is 4.39. The third-order valence-corrected chi connectivity index (χ3v) is 4.39. The number of carbonyl (C=O) groups is 1. The third kappa shape index (κ3) is 5.87. The molecule has 0 radical (unpaired) electrons. The fourth-order valence-corrected chi connectivity index (χ4v) is 3.06. The predicted molar refractivity (Wildman–Crippen MR) is 99.4 cm³/mol. The van der Waals surface area contributed by atoms with Crippen LogP contribution in [0.1, 0.15) is 33.1 Å². The minimum absolute atomic E-state index is 0. The number of methoxy groups -OCH3 is 1. The van der Waals surface area contributed by atoms with Gasteiger partial charge < -0.3 is 20.1 Å². The zero-order valence-electron chi connectivity index (χ0n) is 14.8. The number of rotatable bonds is 7. The summed E-state index contributed by atoms with van der Waals surface area (Å²) in [6, 6.07) is 5.47. The molecule has 1 aromatic rings. The predicted octanol–water partition coefficient (Wildman–Crippen LogP) is 3.48. The quantitative estimate of drug-likeness (QED) is 0.785. The van der Waals surface area contributed by atoms with Gasteiger partial charge in [-0.25, -0.2) is 0 Å². The normalized spacial score (nSPS) is 18.2. The molecular weight excluding hydrogens is 328 g/mol. The second-order valence-corrected chi connectivity index (χ2v) is 6.13. The van der Waals surface area contributed by atoms with Crippen LogP contribution in [0.4, 0.5) is 5.69 Å². The molecule has 24 heavy (non-hydrogen) atoms. The maximum Gasteiger partial charge on any atom is 0.224 e. The summed E-state index contributed by atoms with van der Waals surface area (Å²) in [6.07, 6.45) is 2.95. The van der Waals surface area contributed by atoms with Crippen LogP contribution in [0.5, 0.6) is 11.5 Å². The van der Waals surface area contributed by atoms with Crippen LogP contribution in [0.2, 0.25) is 0 Å². The summed E-state index contributed by atoms with van der Waals surface area (Å²) >= 11 is 0. The van der Waals surface area contributed by atoms with Gasteiger partial charge in [-0.2, -0.15) is 0 Å².